The molecular weight excluding hydrogens is 172 g/mol. The largest absolute Gasteiger partial charge is 0.497 e. The van der Waals surface area contributed by atoms with Crippen LogP contribution in [0.2, 0.25) is 0 Å². The van der Waals surface area contributed by atoms with Crippen molar-refractivity contribution in [3.63, 3.8) is 0 Å². The van der Waals surface area contributed by atoms with E-state index >= 15 is 0 Å². The first kappa shape index (κ1) is 10.8. The first-order chi connectivity index (χ1) is 6.76. The lowest BCUT2D eigenvalue weighted by atomic mass is 10.1. The zero-order valence-corrected chi connectivity index (χ0v) is 9.16. The molecule has 0 radical (unpaired) electrons. The van der Waals surface area contributed by atoms with Crippen molar-refractivity contribution >= 4 is 6.08 Å². The van der Waals surface area contributed by atoms with Crippen LogP contribution < -0.4 is 4.74 Å². The van der Waals surface area contributed by atoms with Gasteiger partial charge in [-0.2, -0.15) is 0 Å². The van der Waals surface area contributed by atoms with Gasteiger partial charge in [-0.05, 0) is 23.6 Å². The average Bonchev–Trinajstić information content (AvgIpc) is 2.26. The van der Waals surface area contributed by atoms with Crippen LogP contribution in [-0.4, -0.2) is 7.11 Å². The summed E-state index contributed by atoms with van der Waals surface area (Å²) in [4.78, 5) is 0. The molecule has 0 fully saturated rings. The average molecular weight is 190 g/mol. The monoisotopic (exact) mass is 190 g/mol. The van der Waals surface area contributed by atoms with E-state index in [4.69, 9.17) is 4.74 Å². The fourth-order valence-corrected chi connectivity index (χ4v) is 1.13. The summed E-state index contributed by atoms with van der Waals surface area (Å²) in [6.07, 6.45) is 5.59. The van der Waals surface area contributed by atoms with Crippen molar-refractivity contribution < 1.29 is 4.74 Å². The fourth-order valence-electron chi connectivity index (χ4n) is 1.13. The van der Waals surface area contributed by atoms with Gasteiger partial charge in [0.15, 0.2) is 0 Å². The summed E-state index contributed by atoms with van der Waals surface area (Å²) >= 11 is 0. The molecular formula is C13H18O. The molecule has 14 heavy (non-hydrogen) atoms. The lowest BCUT2D eigenvalue weighted by Gasteiger charge is -2.01. The van der Waals surface area contributed by atoms with E-state index in [1.54, 1.807) is 7.11 Å². The Labute approximate surface area is 86.4 Å². The number of methoxy groups -OCH3 is 1. The SMILES string of the molecule is CCC(C)C=Cc1ccc(OC)cc1. The minimum atomic E-state index is 0.650. The first-order valence-electron chi connectivity index (χ1n) is 5.08. The van der Waals surface area contributed by atoms with Crippen LogP contribution in [0.5, 0.6) is 5.75 Å². The van der Waals surface area contributed by atoms with Gasteiger partial charge in [0, 0.05) is 0 Å². The Hall–Kier alpha value is -1.24. The zero-order valence-electron chi connectivity index (χ0n) is 9.16. The number of benzene rings is 1. The predicted octanol–water partition coefficient (Wildman–Crippen LogP) is 3.75. The normalized spacial score (nSPS) is 13.1. The van der Waals surface area contributed by atoms with E-state index in [9.17, 15) is 0 Å². The third kappa shape index (κ3) is 3.25. The Morgan fingerprint density at radius 1 is 1.29 bits per heavy atom. The maximum absolute atomic E-state index is 5.09. The molecule has 76 valence electrons. The van der Waals surface area contributed by atoms with E-state index < -0.39 is 0 Å². The molecule has 0 aromatic heterocycles. The standard InChI is InChI=1S/C13H18O/c1-4-11(2)5-6-12-7-9-13(14-3)10-8-12/h5-11H,4H2,1-3H3. The van der Waals surface area contributed by atoms with E-state index in [-0.39, 0.29) is 0 Å². The summed E-state index contributed by atoms with van der Waals surface area (Å²) < 4.78 is 5.09. The molecule has 0 spiro atoms. The molecule has 1 unspecified atom stereocenters. The van der Waals surface area contributed by atoms with Gasteiger partial charge < -0.3 is 4.74 Å². The van der Waals surface area contributed by atoms with Gasteiger partial charge in [0.2, 0.25) is 0 Å². The van der Waals surface area contributed by atoms with E-state index in [0.717, 1.165) is 5.75 Å². The van der Waals surface area contributed by atoms with Gasteiger partial charge in [-0.15, -0.1) is 0 Å². The molecule has 0 N–H and O–H groups in total. The van der Waals surface area contributed by atoms with Gasteiger partial charge in [-0.1, -0.05) is 44.6 Å². The van der Waals surface area contributed by atoms with Gasteiger partial charge in [0.1, 0.15) is 5.75 Å². The van der Waals surface area contributed by atoms with Crippen LogP contribution in [0.15, 0.2) is 30.3 Å². The molecule has 1 aromatic rings. The summed E-state index contributed by atoms with van der Waals surface area (Å²) in [6, 6.07) is 8.10. The second-order valence-electron chi connectivity index (χ2n) is 3.52. The summed E-state index contributed by atoms with van der Waals surface area (Å²) in [5, 5.41) is 0. The first-order valence-corrected chi connectivity index (χ1v) is 5.08. The van der Waals surface area contributed by atoms with Crippen LogP contribution in [0.25, 0.3) is 6.08 Å². The third-order valence-electron chi connectivity index (χ3n) is 2.38. The van der Waals surface area contributed by atoms with Gasteiger partial charge >= 0.3 is 0 Å². The Morgan fingerprint density at radius 2 is 1.93 bits per heavy atom. The molecule has 0 bridgehead atoms. The summed E-state index contributed by atoms with van der Waals surface area (Å²) in [5.74, 6) is 1.56. The van der Waals surface area contributed by atoms with Crippen molar-refractivity contribution in [1.82, 2.24) is 0 Å². The second kappa shape index (κ2) is 5.48. The van der Waals surface area contributed by atoms with Crippen LogP contribution in [-0.2, 0) is 0 Å². The minimum absolute atomic E-state index is 0.650. The van der Waals surface area contributed by atoms with Crippen molar-refractivity contribution in [1.29, 1.82) is 0 Å². The van der Waals surface area contributed by atoms with Gasteiger partial charge in [-0.25, -0.2) is 0 Å². The number of allylic oxidation sites excluding steroid dienone is 1. The predicted molar refractivity (Wildman–Crippen MR) is 61.5 cm³/mol. The highest BCUT2D eigenvalue weighted by molar-refractivity contribution is 5.50. The smallest absolute Gasteiger partial charge is 0.118 e. The topological polar surface area (TPSA) is 9.23 Å². The minimum Gasteiger partial charge on any atom is -0.497 e. The molecule has 0 amide bonds. The van der Waals surface area contributed by atoms with Crippen LogP contribution in [0.1, 0.15) is 25.8 Å². The fraction of sp³-hybridized carbons (Fsp3) is 0.385. The molecule has 1 heteroatoms. The summed E-state index contributed by atoms with van der Waals surface area (Å²) in [6.45, 7) is 4.42. The molecule has 1 aromatic carbocycles. The molecule has 0 aliphatic carbocycles. The summed E-state index contributed by atoms with van der Waals surface area (Å²) in [5.41, 5.74) is 1.23. The van der Waals surface area contributed by atoms with E-state index in [0.29, 0.717) is 5.92 Å². The molecule has 0 saturated carbocycles. The zero-order chi connectivity index (χ0) is 10.4. The quantitative estimate of drug-likeness (QED) is 0.702. The molecule has 0 aliphatic rings. The van der Waals surface area contributed by atoms with Gasteiger partial charge in [0.25, 0.3) is 0 Å². The third-order valence-corrected chi connectivity index (χ3v) is 2.38. The van der Waals surface area contributed by atoms with E-state index in [1.165, 1.54) is 12.0 Å². The maximum Gasteiger partial charge on any atom is 0.118 e. The number of ether oxygens (including phenoxy) is 1. The highest BCUT2D eigenvalue weighted by Gasteiger charge is 1.92. The summed E-state index contributed by atoms with van der Waals surface area (Å²) in [7, 11) is 1.68. The molecule has 0 saturated heterocycles. The number of rotatable bonds is 4. The van der Waals surface area contributed by atoms with Crippen LogP contribution in [0, 0.1) is 5.92 Å². The lowest BCUT2D eigenvalue weighted by molar-refractivity contribution is 0.415. The van der Waals surface area contributed by atoms with Crippen molar-refractivity contribution in [3.8, 4) is 5.75 Å². The number of hydrogen-bond acceptors (Lipinski definition) is 1. The lowest BCUT2D eigenvalue weighted by Crippen LogP contribution is -1.84. The van der Waals surface area contributed by atoms with Crippen LogP contribution in [0.4, 0.5) is 0 Å². The molecule has 0 heterocycles. The Bertz CT molecular complexity index is 285. The molecule has 0 aliphatic heterocycles. The van der Waals surface area contributed by atoms with Gasteiger partial charge in [-0.3, -0.25) is 0 Å². The second-order valence-corrected chi connectivity index (χ2v) is 3.52. The van der Waals surface area contributed by atoms with Crippen molar-refractivity contribution in [2.45, 2.75) is 20.3 Å². The Morgan fingerprint density at radius 3 is 2.43 bits per heavy atom. The van der Waals surface area contributed by atoms with Crippen molar-refractivity contribution in [3.05, 3.63) is 35.9 Å². The maximum atomic E-state index is 5.09. The highest BCUT2D eigenvalue weighted by Crippen LogP contribution is 2.13. The van der Waals surface area contributed by atoms with Crippen LogP contribution >= 0.6 is 0 Å². The highest BCUT2D eigenvalue weighted by atomic mass is 16.5. The van der Waals surface area contributed by atoms with Crippen LogP contribution in [0.3, 0.4) is 0 Å². The molecule has 1 atom stereocenters. The molecule has 1 nitrogen and oxygen atoms in total. The van der Waals surface area contributed by atoms with E-state index in [1.807, 2.05) is 12.1 Å². The van der Waals surface area contributed by atoms with Crippen molar-refractivity contribution in [2.75, 3.05) is 7.11 Å². The number of hydrogen-bond donors (Lipinski definition) is 0. The van der Waals surface area contributed by atoms with E-state index in [2.05, 4.69) is 38.1 Å². The molecule has 1 rings (SSSR count). The van der Waals surface area contributed by atoms with Crippen molar-refractivity contribution in [2.24, 2.45) is 5.92 Å². The van der Waals surface area contributed by atoms with Gasteiger partial charge in [0.05, 0.1) is 7.11 Å². The Kier molecular flexibility index (Phi) is 4.24. The Balaban J connectivity index is 2.64.